The van der Waals surface area contributed by atoms with Gasteiger partial charge in [0.2, 0.25) is 10.0 Å². The van der Waals surface area contributed by atoms with Gasteiger partial charge in [0.05, 0.1) is 11.5 Å². The molecular weight excluding hydrogens is 419 g/mol. The summed E-state index contributed by atoms with van der Waals surface area (Å²) in [6, 6.07) is 6.67. The third kappa shape index (κ3) is 6.90. The molecule has 1 aromatic rings. The smallest absolute Gasteiger partial charge is 0.240 e. The van der Waals surface area contributed by atoms with Crippen LogP contribution >= 0.6 is 24.0 Å². The van der Waals surface area contributed by atoms with E-state index in [1.165, 1.54) is 7.05 Å². The summed E-state index contributed by atoms with van der Waals surface area (Å²) in [7, 11) is 1.33. The molecule has 9 heteroatoms. The van der Waals surface area contributed by atoms with E-state index in [4.69, 9.17) is 4.74 Å². The first kappa shape index (κ1) is 21.1. The molecule has 0 aliphatic rings. The van der Waals surface area contributed by atoms with Crippen LogP contribution in [0.5, 0.6) is 0 Å². The second-order valence-electron chi connectivity index (χ2n) is 4.20. The molecule has 0 aliphatic heterocycles. The van der Waals surface area contributed by atoms with E-state index in [2.05, 4.69) is 20.3 Å². The molecule has 0 heterocycles. The zero-order valence-corrected chi connectivity index (χ0v) is 16.1. The van der Waals surface area contributed by atoms with E-state index < -0.39 is 10.0 Å². The molecule has 0 bridgehead atoms. The minimum atomic E-state index is -3.39. The van der Waals surface area contributed by atoms with Gasteiger partial charge in [-0.15, -0.1) is 24.0 Å². The molecule has 0 unspecified atom stereocenters. The average Bonchev–Trinajstić information content (AvgIpc) is 2.51. The van der Waals surface area contributed by atoms with Gasteiger partial charge in [0.25, 0.3) is 0 Å². The lowest BCUT2D eigenvalue weighted by molar-refractivity contribution is 0.203. The Bertz CT molecular complexity index is 561. The second kappa shape index (κ2) is 10.8. The van der Waals surface area contributed by atoms with Crippen molar-refractivity contribution in [3.8, 4) is 0 Å². The summed E-state index contributed by atoms with van der Waals surface area (Å²) in [4.78, 5) is 4.32. The van der Waals surface area contributed by atoms with Crippen LogP contribution in [0.1, 0.15) is 5.56 Å². The predicted octanol–water partition coefficient (Wildman–Crippen LogP) is 0.524. The minimum Gasteiger partial charge on any atom is -0.383 e. The number of hydrogen-bond acceptors (Lipinski definition) is 4. The van der Waals surface area contributed by atoms with Gasteiger partial charge in [-0.3, -0.25) is 4.99 Å². The third-order valence-corrected chi connectivity index (χ3v) is 4.21. The first-order valence-corrected chi connectivity index (χ1v) is 7.97. The summed E-state index contributed by atoms with van der Waals surface area (Å²) in [5, 5.41) is 6.23. The Morgan fingerprint density at radius 1 is 1.23 bits per heavy atom. The van der Waals surface area contributed by atoms with E-state index in [1.807, 2.05) is 0 Å². The summed E-state index contributed by atoms with van der Waals surface area (Å²) in [5.74, 6) is 0.666. The number of aliphatic imine (C=N–C) groups is 1. The van der Waals surface area contributed by atoms with E-state index in [-0.39, 0.29) is 28.9 Å². The van der Waals surface area contributed by atoms with Gasteiger partial charge in [-0.25, -0.2) is 13.1 Å². The first-order chi connectivity index (χ1) is 10.0. The van der Waals surface area contributed by atoms with Crippen molar-refractivity contribution in [3.63, 3.8) is 0 Å². The molecule has 0 radical (unpaired) electrons. The number of benzene rings is 1. The number of hydrogen-bond donors (Lipinski definition) is 3. The number of nitrogens with one attached hydrogen (secondary N) is 3. The largest absolute Gasteiger partial charge is 0.383 e. The fraction of sp³-hybridized carbons (Fsp3) is 0.462. The molecule has 0 aromatic heterocycles. The number of rotatable bonds is 7. The van der Waals surface area contributed by atoms with E-state index in [0.29, 0.717) is 25.7 Å². The van der Waals surface area contributed by atoms with Crippen molar-refractivity contribution in [2.24, 2.45) is 4.99 Å². The van der Waals surface area contributed by atoms with Crippen LogP contribution in [-0.2, 0) is 21.3 Å². The zero-order chi connectivity index (χ0) is 15.7. The lowest BCUT2D eigenvalue weighted by atomic mass is 10.2. The monoisotopic (exact) mass is 442 g/mol. The Labute approximate surface area is 149 Å². The molecule has 126 valence electrons. The van der Waals surface area contributed by atoms with Gasteiger partial charge in [-0.1, -0.05) is 12.1 Å². The van der Waals surface area contributed by atoms with Crippen LogP contribution in [0.4, 0.5) is 0 Å². The zero-order valence-electron chi connectivity index (χ0n) is 12.9. The Hall–Kier alpha value is -0.910. The molecule has 0 saturated carbocycles. The van der Waals surface area contributed by atoms with E-state index in [9.17, 15) is 8.42 Å². The highest BCUT2D eigenvalue weighted by molar-refractivity contribution is 14.0. The molecule has 0 aliphatic carbocycles. The van der Waals surface area contributed by atoms with E-state index in [0.717, 1.165) is 5.56 Å². The van der Waals surface area contributed by atoms with Crippen LogP contribution in [0, 0.1) is 0 Å². The van der Waals surface area contributed by atoms with Crippen molar-refractivity contribution in [1.82, 2.24) is 15.4 Å². The predicted molar refractivity (Wildman–Crippen MR) is 98.2 cm³/mol. The van der Waals surface area contributed by atoms with Crippen LogP contribution in [0.2, 0.25) is 0 Å². The maximum absolute atomic E-state index is 11.6. The number of ether oxygens (including phenoxy) is 1. The van der Waals surface area contributed by atoms with Gasteiger partial charge in [-0.2, -0.15) is 0 Å². The van der Waals surface area contributed by atoms with Crippen molar-refractivity contribution in [1.29, 1.82) is 0 Å². The fourth-order valence-corrected chi connectivity index (χ4v) is 2.31. The van der Waals surface area contributed by atoms with Crippen LogP contribution in [0.25, 0.3) is 0 Å². The number of methoxy groups -OCH3 is 1. The normalized spacial score (nSPS) is 11.7. The van der Waals surface area contributed by atoms with Gasteiger partial charge in [0.1, 0.15) is 0 Å². The van der Waals surface area contributed by atoms with Crippen molar-refractivity contribution in [2.45, 2.75) is 11.4 Å². The SMILES string of the molecule is CN=C(NCCOC)NCc1ccc(S(=O)(=O)NC)cc1.I. The Morgan fingerprint density at radius 2 is 1.86 bits per heavy atom. The third-order valence-electron chi connectivity index (χ3n) is 2.78. The topological polar surface area (TPSA) is 91.8 Å². The summed E-state index contributed by atoms with van der Waals surface area (Å²) in [6.45, 7) is 1.80. The number of sulfonamides is 1. The quantitative estimate of drug-likeness (QED) is 0.248. The van der Waals surface area contributed by atoms with Crippen molar-refractivity contribution in [2.75, 3.05) is 34.4 Å². The minimum absolute atomic E-state index is 0. The van der Waals surface area contributed by atoms with Crippen molar-refractivity contribution in [3.05, 3.63) is 29.8 Å². The van der Waals surface area contributed by atoms with E-state index in [1.54, 1.807) is 38.4 Å². The van der Waals surface area contributed by atoms with Crippen molar-refractivity contribution < 1.29 is 13.2 Å². The van der Waals surface area contributed by atoms with E-state index >= 15 is 0 Å². The molecule has 0 saturated heterocycles. The Morgan fingerprint density at radius 3 is 2.36 bits per heavy atom. The number of nitrogens with zero attached hydrogens (tertiary/aromatic N) is 1. The second-order valence-corrected chi connectivity index (χ2v) is 6.08. The standard InChI is InChI=1S/C13H22N4O3S.HI/c1-14-13(16-8-9-20-3)17-10-11-4-6-12(7-5-11)21(18,19)15-2;/h4-7,15H,8-10H2,1-3H3,(H2,14,16,17);1H. The number of halogens is 1. The van der Waals surface area contributed by atoms with Gasteiger partial charge in [0.15, 0.2) is 5.96 Å². The lowest BCUT2D eigenvalue weighted by Crippen LogP contribution is -2.38. The molecule has 22 heavy (non-hydrogen) atoms. The van der Waals surface area contributed by atoms with Crippen LogP contribution in [-0.4, -0.2) is 48.7 Å². The van der Waals surface area contributed by atoms with Crippen molar-refractivity contribution >= 4 is 40.0 Å². The molecule has 3 N–H and O–H groups in total. The molecule has 1 rings (SSSR count). The molecular formula is C13H23IN4O3S. The van der Waals surface area contributed by atoms with Crippen LogP contribution in [0.15, 0.2) is 34.2 Å². The summed E-state index contributed by atoms with van der Waals surface area (Å²) in [6.07, 6.45) is 0. The first-order valence-electron chi connectivity index (χ1n) is 6.49. The molecule has 0 spiro atoms. The summed E-state index contributed by atoms with van der Waals surface area (Å²) in [5.41, 5.74) is 0.958. The van der Waals surface area contributed by atoms with Gasteiger partial charge >= 0.3 is 0 Å². The molecule has 0 fully saturated rings. The highest BCUT2D eigenvalue weighted by Gasteiger charge is 2.10. The summed E-state index contributed by atoms with van der Waals surface area (Å²) >= 11 is 0. The Kier molecular flexibility index (Phi) is 10.3. The van der Waals surface area contributed by atoms with Crippen LogP contribution < -0.4 is 15.4 Å². The molecule has 1 aromatic carbocycles. The highest BCUT2D eigenvalue weighted by atomic mass is 127. The lowest BCUT2D eigenvalue weighted by Gasteiger charge is -2.11. The van der Waals surface area contributed by atoms with Gasteiger partial charge in [-0.05, 0) is 24.7 Å². The average molecular weight is 442 g/mol. The maximum Gasteiger partial charge on any atom is 0.240 e. The maximum atomic E-state index is 11.6. The molecule has 0 atom stereocenters. The highest BCUT2D eigenvalue weighted by Crippen LogP contribution is 2.09. The Balaban J connectivity index is 0.00000441. The fourth-order valence-electron chi connectivity index (χ4n) is 1.58. The van der Waals surface area contributed by atoms with Gasteiger partial charge in [0, 0.05) is 27.2 Å². The van der Waals surface area contributed by atoms with Gasteiger partial charge < -0.3 is 15.4 Å². The molecule has 0 amide bonds. The van der Waals surface area contributed by atoms with Crippen LogP contribution in [0.3, 0.4) is 0 Å². The number of guanidine groups is 1. The summed E-state index contributed by atoms with van der Waals surface area (Å²) < 4.78 is 30.4. The molecule has 7 nitrogen and oxygen atoms in total.